The molecule has 0 unspecified atom stereocenters. The number of thioether (sulfide) groups is 1. The number of halogens is 3. The van der Waals surface area contributed by atoms with Crippen LogP contribution in [0.5, 0.6) is 11.5 Å². The molecule has 0 aliphatic carbocycles. The van der Waals surface area contributed by atoms with Crippen LogP contribution in [0.2, 0.25) is 0 Å². The monoisotopic (exact) mass is 372 g/mol. The van der Waals surface area contributed by atoms with Crippen molar-refractivity contribution in [2.75, 3.05) is 14.2 Å². The average molecular weight is 372 g/mol. The second kappa shape index (κ2) is 7.69. The van der Waals surface area contributed by atoms with Gasteiger partial charge in [-0.3, -0.25) is 0 Å². The number of phenolic OH excluding ortho intramolecular Hbond substituents is 1. The van der Waals surface area contributed by atoms with E-state index in [1.54, 1.807) is 6.07 Å². The van der Waals surface area contributed by atoms with Gasteiger partial charge in [0.15, 0.2) is 0 Å². The van der Waals surface area contributed by atoms with Crippen molar-refractivity contribution in [1.82, 2.24) is 0 Å². The van der Waals surface area contributed by atoms with Crippen LogP contribution in [0.15, 0.2) is 41.3 Å². The molecule has 2 rings (SSSR count). The molecule has 0 aliphatic heterocycles. The van der Waals surface area contributed by atoms with Gasteiger partial charge in [0.05, 0.1) is 19.8 Å². The first-order valence-corrected chi connectivity index (χ1v) is 8.03. The fraction of sp³-hybridized carbons (Fsp3) is 0.235. The van der Waals surface area contributed by atoms with Crippen LogP contribution >= 0.6 is 11.8 Å². The van der Waals surface area contributed by atoms with Gasteiger partial charge in [0, 0.05) is 16.7 Å². The molecule has 0 heterocycles. The van der Waals surface area contributed by atoms with Gasteiger partial charge in [0.1, 0.15) is 17.1 Å². The van der Waals surface area contributed by atoms with Gasteiger partial charge in [-0.2, -0.15) is 13.2 Å². The largest absolute Gasteiger partial charge is 0.507 e. The van der Waals surface area contributed by atoms with Crippen LogP contribution in [0.25, 0.3) is 0 Å². The highest BCUT2D eigenvalue weighted by molar-refractivity contribution is 7.98. The van der Waals surface area contributed by atoms with Crippen LogP contribution in [0.1, 0.15) is 21.5 Å². The highest BCUT2D eigenvalue weighted by Gasteiger charge is 2.30. The molecule has 8 heteroatoms. The van der Waals surface area contributed by atoms with E-state index in [9.17, 15) is 23.1 Å². The molecule has 0 atom stereocenters. The maximum atomic E-state index is 12.6. The van der Waals surface area contributed by atoms with Gasteiger partial charge in [-0.25, -0.2) is 4.79 Å². The second-order valence-corrected chi connectivity index (χ2v) is 6.03. The minimum absolute atomic E-state index is 0.00251. The molecule has 134 valence electrons. The van der Waals surface area contributed by atoms with E-state index in [2.05, 4.69) is 4.74 Å². The molecule has 0 aliphatic rings. The molecule has 0 saturated carbocycles. The molecule has 0 amide bonds. The van der Waals surface area contributed by atoms with Crippen molar-refractivity contribution < 1.29 is 32.5 Å². The predicted molar refractivity (Wildman–Crippen MR) is 87.0 cm³/mol. The maximum Gasteiger partial charge on any atom is 0.416 e. The standard InChI is InChI=1S/C17H15F3O4S/c1-23-12-7-10(15(14(21)8-12)16(22)24-2)9-25-13-5-3-11(4-6-13)17(18,19)20/h3-8,21H,9H2,1-2H3. The molecule has 1 N–H and O–H groups in total. The number of rotatable bonds is 5. The Hall–Kier alpha value is -2.35. The number of esters is 1. The zero-order valence-corrected chi connectivity index (χ0v) is 14.2. The molecular weight excluding hydrogens is 357 g/mol. The fourth-order valence-corrected chi connectivity index (χ4v) is 3.01. The zero-order chi connectivity index (χ0) is 18.6. The van der Waals surface area contributed by atoms with Gasteiger partial charge in [-0.15, -0.1) is 11.8 Å². The molecule has 25 heavy (non-hydrogen) atoms. The van der Waals surface area contributed by atoms with Crippen LogP contribution in [0.4, 0.5) is 13.2 Å². The summed E-state index contributed by atoms with van der Waals surface area (Å²) in [5.41, 5.74) is -0.276. The number of hydrogen-bond donors (Lipinski definition) is 1. The minimum Gasteiger partial charge on any atom is -0.507 e. The van der Waals surface area contributed by atoms with E-state index in [-0.39, 0.29) is 17.1 Å². The first kappa shape index (κ1) is 19.0. The Balaban J connectivity index is 2.24. The number of methoxy groups -OCH3 is 2. The number of alkyl halides is 3. The average Bonchev–Trinajstić information content (AvgIpc) is 2.58. The molecule has 4 nitrogen and oxygen atoms in total. The van der Waals surface area contributed by atoms with Crippen LogP contribution in [-0.4, -0.2) is 25.3 Å². The summed E-state index contributed by atoms with van der Waals surface area (Å²) in [7, 11) is 2.61. The number of ether oxygens (including phenoxy) is 2. The second-order valence-electron chi connectivity index (χ2n) is 4.98. The highest BCUT2D eigenvalue weighted by Crippen LogP contribution is 2.34. The lowest BCUT2D eigenvalue weighted by Gasteiger charge is -2.12. The first-order valence-electron chi connectivity index (χ1n) is 7.04. The summed E-state index contributed by atoms with van der Waals surface area (Å²) < 4.78 is 47.5. The molecule has 2 aromatic rings. The summed E-state index contributed by atoms with van der Waals surface area (Å²) in [5.74, 6) is -0.397. The van der Waals surface area contributed by atoms with E-state index in [1.807, 2.05) is 0 Å². The first-order chi connectivity index (χ1) is 11.8. The van der Waals surface area contributed by atoms with Crippen molar-refractivity contribution in [3.63, 3.8) is 0 Å². The van der Waals surface area contributed by atoms with E-state index in [4.69, 9.17) is 4.74 Å². The fourth-order valence-electron chi connectivity index (χ4n) is 2.13. The predicted octanol–water partition coefficient (Wildman–Crippen LogP) is 4.50. The smallest absolute Gasteiger partial charge is 0.416 e. The molecule has 0 saturated heterocycles. The molecule has 0 bridgehead atoms. The Kier molecular flexibility index (Phi) is 5.84. The molecule has 2 aromatic carbocycles. The number of aromatic hydroxyl groups is 1. The quantitative estimate of drug-likeness (QED) is 0.619. The van der Waals surface area contributed by atoms with Gasteiger partial charge in [-0.1, -0.05) is 0 Å². The van der Waals surface area contributed by atoms with Crippen LogP contribution in [-0.2, 0) is 16.7 Å². The normalized spacial score (nSPS) is 11.2. The lowest BCUT2D eigenvalue weighted by molar-refractivity contribution is -0.137. The van der Waals surface area contributed by atoms with Crippen molar-refractivity contribution in [2.24, 2.45) is 0 Å². The third-order valence-electron chi connectivity index (χ3n) is 3.37. The van der Waals surface area contributed by atoms with Crippen LogP contribution < -0.4 is 4.74 Å². The maximum absolute atomic E-state index is 12.6. The summed E-state index contributed by atoms with van der Waals surface area (Å²) in [5, 5.41) is 10.0. The van der Waals surface area contributed by atoms with Gasteiger partial charge in [0.2, 0.25) is 0 Å². The molecular formula is C17H15F3O4S. The number of benzene rings is 2. The van der Waals surface area contributed by atoms with Crippen molar-refractivity contribution in [3.05, 3.63) is 53.1 Å². The number of phenols is 1. The van der Waals surface area contributed by atoms with Crippen molar-refractivity contribution >= 4 is 17.7 Å². The summed E-state index contributed by atoms with van der Waals surface area (Å²) in [6.07, 6.45) is -4.39. The SMILES string of the molecule is COC(=O)c1c(O)cc(OC)cc1CSc1ccc(C(F)(F)F)cc1. The summed E-state index contributed by atoms with van der Waals surface area (Å²) in [4.78, 5) is 12.5. The van der Waals surface area contributed by atoms with Gasteiger partial charge < -0.3 is 14.6 Å². The van der Waals surface area contributed by atoms with Crippen molar-refractivity contribution in [1.29, 1.82) is 0 Å². The van der Waals surface area contributed by atoms with Crippen LogP contribution in [0.3, 0.4) is 0 Å². The topological polar surface area (TPSA) is 55.8 Å². The van der Waals surface area contributed by atoms with Gasteiger partial charge in [0.25, 0.3) is 0 Å². The Morgan fingerprint density at radius 2 is 1.80 bits per heavy atom. The number of carbonyl (C=O) groups is 1. The lowest BCUT2D eigenvalue weighted by Crippen LogP contribution is -2.06. The molecule has 0 radical (unpaired) electrons. The Bertz CT molecular complexity index is 758. The van der Waals surface area contributed by atoms with E-state index in [0.717, 1.165) is 12.1 Å². The highest BCUT2D eigenvalue weighted by atomic mass is 32.2. The third kappa shape index (κ3) is 4.60. The summed E-state index contributed by atoms with van der Waals surface area (Å²) in [6, 6.07) is 7.55. The number of hydrogen-bond acceptors (Lipinski definition) is 5. The Morgan fingerprint density at radius 3 is 2.32 bits per heavy atom. The Morgan fingerprint density at radius 1 is 1.16 bits per heavy atom. The minimum atomic E-state index is -4.39. The number of carbonyl (C=O) groups excluding carboxylic acids is 1. The van der Waals surface area contributed by atoms with Gasteiger partial charge in [-0.05, 0) is 35.9 Å². The molecule has 0 spiro atoms. The van der Waals surface area contributed by atoms with E-state index >= 15 is 0 Å². The van der Waals surface area contributed by atoms with Crippen LogP contribution in [0, 0.1) is 0 Å². The van der Waals surface area contributed by atoms with E-state index < -0.39 is 17.7 Å². The van der Waals surface area contributed by atoms with Crippen molar-refractivity contribution in [2.45, 2.75) is 16.8 Å². The lowest BCUT2D eigenvalue weighted by atomic mass is 10.1. The molecule has 0 fully saturated rings. The van der Waals surface area contributed by atoms with E-state index in [0.29, 0.717) is 16.2 Å². The van der Waals surface area contributed by atoms with E-state index in [1.165, 1.54) is 44.2 Å². The molecule has 0 aromatic heterocycles. The van der Waals surface area contributed by atoms with Gasteiger partial charge >= 0.3 is 12.1 Å². The zero-order valence-electron chi connectivity index (χ0n) is 13.4. The summed E-state index contributed by atoms with van der Waals surface area (Å²) >= 11 is 1.22. The summed E-state index contributed by atoms with van der Waals surface area (Å²) in [6.45, 7) is 0. The van der Waals surface area contributed by atoms with Crippen molar-refractivity contribution in [3.8, 4) is 11.5 Å². The third-order valence-corrected chi connectivity index (χ3v) is 4.43. The Labute approximate surface area is 146 Å².